The van der Waals surface area contributed by atoms with Crippen LogP contribution in [0.3, 0.4) is 0 Å². The van der Waals surface area contributed by atoms with Crippen molar-refractivity contribution in [2.45, 2.75) is 45.6 Å². The van der Waals surface area contributed by atoms with Crippen molar-refractivity contribution < 1.29 is 4.79 Å². The zero-order valence-corrected chi connectivity index (χ0v) is 13.5. The van der Waals surface area contributed by atoms with E-state index in [1.54, 1.807) is 0 Å². The fraction of sp³-hybridized carbons (Fsp3) is 0.800. The number of amides is 2. The Morgan fingerprint density at radius 1 is 1.18 bits per heavy atom. The lowest BCUT2D eigenvalue weighted by Crippen LogP contribution is -2.49. The second kappa shape index (κ2) is 6.14. The van der Waals surface area contributed by atoms with Crippen LogP contribution in [0.5, 0.6) is 0 Å². The number of hydrogen-bond acceptors (Lipinski definition) is 4. The number of nitrogens with zero attached hydrogens (tertiary/aromatic N) is 5. The van der Waals surface area contributed by atoms with E-state index in [0.29, 0.717) is 17.7 Å². The summed E-state index contributed by atoms with van der Waals surface area (Å²) in [4.78, 5) is 20.8. The number of aromatic nitrogens is 3. The van der Waals surface area contributed by atoms with Gasteiger partial charge < -0.3 is 15.5 Å². The lowest BCUT2D eigenvalue weighted by atomic mass is 10.0. The number of carbonyl (C=O) groups is 1. The van der Waals surface area contributed by atoms with Gasteiger partial charge in [0.05, 0.1) is 6.04 Å². The Morgan fingerprint density at radius 3 is 2.50 bits per heavy atom. The monoisotopic (exact) mass is 306 g/mol. The first kappa shape index (κ1) is 15.1. The molecule has 0 aliphatic carbocycles. The second-order valence-electron chi connectivity index (χ2n) is 6.66. The van der Waals surface area contributed by atoms with E-state index in [1.165, 1.54) is 6.42 Å². The van der Waals surface area contributed by atoms with Gasteiger partial charge in [0.1, 0.15) is 5.82 Å². The van der Waals surface area contributed by atoms with Crippen LogP contribution in [-0.4, -0.2) is 56.8 Å². The molecule has 2 fully saturated rings. The summed E-state index contributed by atoms with van der Waals surface area (Å²) in [5.74, 6) is 1.80. The van der Waals surface area contributed by atoms with E-state index in [1.807, 2.05) is 21.4 Å². The second-order valence-corrected chi connectivity index (χ2v) is 6.66. The van der Waals surface area contributed by atoms with Gasteiger partial charge in [0, 0.05) is 26.2 Å². The number of nitrogen functional groups attached to an aromatic ring is 1. The molecule has 1 aromatic rings. The summed E-state index contributed by atoms with van der Waals surface area (Å²) in [6.45, 7) is 7.41. The number of nitrogens with two attached hydrogens (primary N) is 1. The number of hydrogen-bond donors (Lipinski definition) is 1. The molecule has 1 atom stereocenters. The van der Waals surface area contributed by atoms with Gasteiger partial charge in [-0.25, -0.2) is 9.48 Å². The Kier molecular flexibility index (Phi) is 4.22. The molecule has 1 aromatic heterocycles. The van der Waals surface area contributed by atoms with E-state index >= 15 is 0 Å². The molecule has 2 saturated heterocycles. The van der Waals surface area contributed by atoms with E-state index in [0.717, 1.165) is 45.4 Å². The van der Waals surface area contributed by atoms with E-state index < -0.39 is 0 Å². The summed E-state index contributed by atoms with van der Waals surface area (Å²) in [6, 6.07) is 0.457. The molecule has 0 aromatic carbocycles. The minimum Gasteiger partial charge on any atom is -0.368 e. The molecule has 2 aliphatic rings. The van der Waals surface area contributed by atoms with E-state index in [9.17, 15) is 4.79 Å². The van der Waals surface area contributed by atoms with Crippen LogP contribution < -0.4 is 5.73 Å². The molecule has 122 valence electrons. The third-order valence-corrected chi connectivity index (χ3v) is 4.77. The zero-order valence-electron chi connectivity index (χ0n) is 13.5. The lowest BCUT2D eigenvalue weighted by Gasteiger charge is -2.38. The van der Waals surface area contributed by atoms with Gasteiger partial charge in [0.15, 0.2) is 0 Å². The quantitative estimate of drug-likeness (QED) is 0.855. The van der Waals surface area contributed by atoms with Crippen molar-refractivity contribution >= 4 is 12.0 Å². The van der Waals surface area contributed by atoms with Gasteiger partial charge in [-0.3, -0.25) is 0 Å². The summed E-state index contributed by atoms with van der Waals surface area (Å²) in [6.07, 6.45) is 4.14. The van der Waals surface area contributed by atoms with Crippen molar-refractivity contribution in [3.05, 3.63) is 5.82 Å². The van der Waals surface area contributed by atoms with Gasteiger partial charge in [-0.05, 0) is 38.5 Å². The summed E-state index contributed by atoms with van der Waals surface area (Å²) >= 11 is 0. The van der Waals surface area contributed by atoms with Crippen LogP contribution >= 0.6 is 0 Å². The fourth-order valence-corrected chi connectivity index (χ4v) is 3.58. The van der Waals surface area contributed by atoms with Gasteiger partial charge in [-0.1, -0.05) is 6.92 Å². The van der Waals surface area contributed by atoms with Crippen LogP contribution in [0.1, 0.15) is 44.5 Å². The molecule has 7 nitrogen and oxygen atoms in total. The van der Waals surface area contributed by atoms with Gasteiger partial charge in [-0.2, -0.15) is 10.1 Å². The highest BCUT2D eigenvalue weighted by atomic mass is 16.2. The Morgan fingerprint density at radius 2 is 1.91 bits per heavy atom. The Hall–Kier alpha value is -1.79. The van der Waals surface area contributed by atoms with Crippen LogP contribution in [0.4, 0.5) is 10.7 Å². The van der Waals surface area contributed by atoms with Crippen molar-refractivity contribution in [1.29, 1.82) is 0 Å². The van der Waals surface area contributed by atoms with Gasteiger partial charge in [-0.15, -0.1) is 0 Å². The topological polar surface area (TPSA) is 80.3 Å². The van der Waals surface area contributed by atoms with E-state index in [4.69, 9.17) is 5.73 Å². The molecule has 0 spiro atoms. The summed E-state index contributed by atoms with van der Waals surface area (Å²) in [5.41, 5.74) is 5.90. The van der Waals surface area contributed by atoms with Crippen LogP contribution in [0, 0.1) is 12.8 Å². The summed E-state index contributed by atoms with van der Waals surface area (Å²) in [7, 11) is 0. The molecule has 2 aliphatic heterocycles. The third-order valence-electron chi connectivity index (χ3n) is 4.77. The molecular formula is C15H26N6O. The predicted molar refractivity (Wildman–Crippen MR) is 84.4 cm³/mol. The molecule has 3 rings (SSSR count). The normalized spacial score (nSPS) is 23.8. The number of rotatable bonds is 1. The molecule has 0 saturated carbocycles. The van der Waals surface area contributed by atoms with Crippen molar-refractivity contribution in [2.75, 3.05) is 31.9 Å². The average molecular weight is 306 g/mol. The molecular weight excluding hydrogens is 280 g/mol. The van der Waals surface area contributed by atoms with Gasteiger partial charge >= 0.3 is 6.03 Å². The standard InChI is InChI=1S/C15H26N6O/c1-11-4-3-7-20(10-11)15(22)19-8-5-13(6-9-19)21-14(16)17-12(2)18-21/h11,13H,3-10H2,1-2H3,(H2,16,17,18). The van der Waals surface area contributed by atoms with Crippen LogP contribution in [-0.2, 0) is 0 Å². The number of piperidine rings is 2. The Bertz CT molecular complexity index is 534. The fourth-order valence-electron chi connectivity index (χ4n) is 3.58. The maximum atomic E-state index is 12.6. The van der Waals surface area contributed by atoms with Crippen molar-refractivity contribution in [1.82, 2.24) is 24.6 Å². The number of urea groups is 1. The predicted octanol–water partition coefficient (Wildman–Crippen LogP) is 1.66. The summed E-state index contributed by atoms with van der Waals surface area (Å²) < 4.78 is 1.82. The van der Waals surface area contributed by atoms with Gasteiger partial charge in [0.2, 0.25) is 5.95 Å². The summed E-state index contributed by atoms with van der Waals surface area (Å²) in [5, 5.41) is 4.37. The van der Waals surface area contributed by atoms with Crippen LogP contribution in [0.15, 0.2) is 0 Å². The van der Waals surface area contributed by atoms with E-state index in [-0.39, 0.29) is 12.1 Å². The molecule has 0 radical (unpaired) electrons. The first-order valence-corrected chi connectivity index (χ1v) is 8.27. The highest BCUT2D eigenvalue weighted by Crippen LogP contribution is 2.25. The molecule has 7 heteroatoms. The smallest absolute Gasteiger partial charge is 0.320 e. The molecule has 1 unspecified atom stereocenters. The lowest BCUT2D eigenvalue weighted by molar-refractivity contribution is 0.115. The Labute approximate surface area is 131 Å². The van der Waals surface area contributed by atoms with Gasteiger partial charge in [0.25, 0.3) is 0 Å². The molecule has 3 heterocycles. The van der Waals surface area contributed by atoms with Crippen molar-refractivity contribution in [3.8, 4) is 0 Å². The number of aryl methyl sites for hydroxylation is 1. The maximum absolute atomic E-state index is 12.6. The molecule has 0 bridgehead atoms. The first-order valence-electron chi connectivity index (χ1n) is 8.27. The third kappa shape index (κ3) is 3.03. The highest BCUT2D eigenvalue weighted by molar-refractivity contribution is 5.74. The SMILES string of the molecule is Cc1nc(N)n(C2CCN(C(=O)N3CCCC(C)C3)CC2)n1. The van der Waals surface area contributed by atoms with Crippen molar-refractivity contribution in [2.24, 2.45) is 5.92 Å². The minimum absolute atomic E-state index is 0.202. The molecule has 2 amide bonds. The Balaban J connectivity index is 1.57. The number of likely N-dealkylation sites (tertiary alicyclic amines) is 2. The average Bonchev–Trinajstić information content (AvgIpc) is 2.85. The molecule has 22 heavy (non-hydrogen) atoms. The van der Waals surface area contributed by atoms with Crippen LogP contribution in [0.25, 0.3) is 0 Å². The number of carbonyl (C=O) groups excluding carboxylic acids is 1. The first-order chi connectivity index (χ1) is 10.5. The highest BCUT2D eigenvalue weighted by Gasteiger charge is 2.30. The maximum Gasteiger partial charge on any atom is 0.320 e. The molecule has 2 N–H and O–H groups in total. The largest absolute Gasteiger partial charge is 0.368 e. The number of anilines is 1. The van der Waals surface area contributed by atoms with Crippen molar-refractivity contribution in [3.63, 3.8) is 0 Å². The van der Waals surface area contributed by atoms with E-state index in [2.05, 4.69) is 17.0 Å². The van der Waals surface area contributed by atoms with Crippen LogP contribution in [0.2, 0.25) is 0 Å². The zero-order chi connectivity index (χ0) is 15.7. The minimum atomic E-state index is 0.202.